The number of carbonyl (C=O) groups is 3. The summed E-state index contributed by atoms with van der Waals surface area (Å²) in [6.45, 7) is 0.380. The molecule has 3 atom stereocenters. The van der Waals surface area contributed by atoms with Gasteiger partial charge in [-0.05, 0) is 6.42 Å². The Labute approximate surface area is 132 Å². The number of hydrogen-bond acceptors (Lipinski definition) is 6. The van der Waals surface area contributed by atoms with Gasteiger partial charge in [0.2, 0.25) is 11.7 Å². The minimum Gasteiger partial charge on any atom is -0.447 e. The van der Waals surface area contributed by atoms with Crippen molar-refractivity contribution in [2.24, 2.45) is 5.92 Å². The molecule has 1 aromatic carbocycles. The van der Waals surface area contributed by atoms with Crippen LogP contribution in [0.4, 0.5) is 4.79 Å². The number of ketones is 1. The molecule has 0 saturated carbocycles. The zero-order valence-corrected chi connectivity index (χ0v) is 12.5. The maximum Gasteiger partial charge on any atom is 0.416 e. The van der Waals surface area contributed by atoms with Crippen LogP contribution in [0.3, 0.4) is 0 Å². The van der Waals surface area contributed by atoms with Crippen LogP contribution in [0.15, 0.2) is 24.3 Å². The Morgan fingerprint density at radius 2 is 2.13 bits per heavy atom. The normalized spacial score (nSPS) is 32.0. The first-order valence-electron chi connectivity index (χ1n) is 7.43. The van der Waals surface area contributed by atoms with Gasteiger partial charge in [-0.15, -0.1) is 0 Å². The number of cyclic esters (lactones) is 1. The fraction of sp³-hybridized carbons (Fsp3) is 0.438. The Morgan fingerprint density at radius 1 is 1.35 bits per heavy atom. The lowest BCUT2D eigenvalue weighted by Crippen LogP contribution is -2.47. The molecule has 3 heterocycles. The topological polar surface area (TPSA) is 82.1 Å². The van der Waals surface area contributed by atoms with Crippen LogP contribution in [-0.2, 0) is 24.8 Å². The van der Waals surface area contributed by atoms with Crippen LogP contribution >= 0.6 is 0 Å². The second kappa shape index (κ2) is 4.87. The molecule has 0 radical (unpaired) electrons. The lowest BCUT2D eigenvalue weighted by molar-refractivity contribution is -0.237. The van der Waals surface area contributed by atoms with E-state index in [9.17, 15) is 14.4 Å². The Hall–Kier alpha value is -2.25. The van der Waals surface area contributed by atoms with E-state index >= 15 is 0 Å². The summed E-state index contributed by atoms with van der Waals surface area (Å²) < 4.78 is 16.3. The van der Waals surface area contributed by atoms with Gasteiger partial charge in [-0.25, -0.2) is 9.69 Å². The molecule has 2 fully saturated rings. The second-order valence-corrected chi connectivity index (χ2v) is 5.78. The van der Waals surface area contributed by atoms with E-state index in [1.165, 1.54) is 7.11 Å². The second-order valence-electron chi connectivity index (χ2n) is 5.78. The van der Waals surface area contributed by atoms with Crippen molar-refractivity contribution in [2.75, 3.05) is 20.3 Å². The maximum absolute atomic E-state index is 12.8. The van der Waals surface area contributed by atoms with Crippen LogP contribution in [0.1, 0.15) is 22.3 Å². The van der Waals surface area contributed by atoms with Crippen LogP contribution < -0.4 is 0 Å². The van der Waals surface area contributed by atoms with E-state index in [-0.39, 0.29) is 25.4 Å². The molecule has 3 aliphatic heterocycles. The molecule has 0 aliphatic carbocycles. The first-order valence-corrected chi connectivity index (χ1v) is 7.43. The zero-order valence-electron chi connectivity index (χ0n) is 12.5. The van der Waals surface area contributed by atoms with Gasteiger partial charge in [-0.2, -0.15) is 0 Å². The summed E-state index contributed by atoms with van der Waals surface area (Å²) in [5, 5.41) is 0. The zero-order chi connectivity index (χ0) is 16.2. The van der Waals surface area contributed by atoms with Crippen molar-refractivity contribution >= 4 is 17.8 Å². The lowest BCUT2D eigenvalue weighted by Gasteiger charge is -2.36. The van der Waals surface area contributed by atoms with Crippen molar-refractivity contribution in [3.05, 3.63) is 35.4 Å². The summed E-state index contributed by atoms with van der Waals surface area (Å²) in [4.78, 5) is 38.1. The van der Waals surface area contributed by atoms with E-state index in [2.05, 4.69) is 0 Å². The summed E-state index contributed by atoms with van der Waals surface area (Å²) in [6, 6.07) is 6.96. The van der Waals surface area contributed by atoms with E-state index in [0.717, 1.165) is 4.90 Å². The number of Topliss-reactive ketones (excluding diaryl/α,β-unsaturated/α-hetero) is 1. The third kappa shape index (κ3) is 1.80. The summed E-state index contributed by atoms with van der Waals surface area (Å²) in [5.74, 6) is -2.69. The van der Waals surface area contributed by atoms with Gasteiger partial charge in [-0.3, -0.25) is 9.59 Å². The molecule has 2 saturated heterocycles. The van der Waals surface area contributed by atoms with Gasteiger partial charge in [0, 0.05) is 18.2 Å². The van der Waals surface area contributed by atoms with Crippen molar-refractivity contribution in [3.8, 4) is 0 Å². The van der Waals surface area contributed by atoms with Crippen LogP contribution in [0, 0.1) is 5.92 Å². The van der Waals surface area contributed by atoms with Crippen LogP contribution in [0.25, 0.3) is 0 Å². The molecular weight excluding hydrogens is 302 g/mol. The molecule has 120 valence electrons. The number of carbonyl (C=O) groups excluding carboxylic acids is 3. The quantitative estimate of drug-likeness (QED) is 0.811. The molecule has 0 unspecified atom stereocenters. The van der Waals surface area contributed by atoms with E-state index in [4.69, 9.17) is 14.2 Å². The highest BCUT2D eigenvalue weighted by Gasteiger charge is 2.61. The summed E-state index contributed by atoms with van der Waals surface area (Å²) in [7, 11) is 1.44. The first kappa shape index (κ1) is 14.3. The number of hydrogen-bond donors (Lipinski definition) is 0. The van der Waals surface area contributed by atoms with E-state index in [0.29, 0.717) is 11.1 Å². The molecule has 0 aromatic heterocycles. The molecular formula is C16H15NO6. The molecule has 0 spiro atoms. The average molecular weight is 317 g/mol. The predicted molar refractivity (Wildman–Crippen MR) is 75.5 cm³/mol. The number of fused-ring (bicyclic) bond motifs is 4. The number of ether oxygens (including phenoxy) is 3. The summed E-state index contributed by atoms with van der Waals surface area (Å²) in [6.07, 6.45) is -1.22. The molecule has 1 aromatic rings. The Bertz CT molecular complexity index is 716. The third-order valence-corrected chi connectivity index (χ3v) is 4.71. The number of rotatable bonds is 2. The van der Waals surface area contributed by atoms with Crippen LogP contribution in [-0.4, -0.2) is 49.0 Å². The van der Waals surface area contributed by atoms with Crippen molar-refractivity contribution in [1.82, 2.24) is 4.90 Å². The Kier molecular flexibility index (Phi) is 3.04. The molecule has 23 heavy (non-hydrogen) atoms. The first-order chi connectivity index (χ1) is 11.1. The standard InChI is InChI=1S/C16H15NO6/c1-21-16-10-5-3-2-4-9(10)13(18)12(23-16)8-11(16)14(19)17-6-7-22-15(17)20/h2-5,11-12H,6-8H2,1H3/t11-,12-,16-/m0/s1. The predicted octanol–water partition coefficient (Wildman–Crippen LogP) is 1.07. The lowest BCUT2D eigenvalue weighted by atomic mass is 9.89. The number of methoxy groups -OCH3 is 1. The summed E-state index contributed by atoms with van der Waals surface area (Å²) >= 11 is 0. The van der Waals surface area contributed by atoms with E-state index in [1.807, 2.05) is 0 Å². The van der Waals surface area contributed by atoms with Gasteiger partial charge >= 0.3 is 6.09 Å². The van der Waals surface area contributed by atoms with Crippen molar-refractivity contribution in [3.63, 3.8) is 0 Å². The monoisotopic (exact) mass is 317 g/mol. The number of amides is 2. The maximum atomic E-state index is 12.8. The molecule has 7 nitrogen and oxygen atoms in total. The minimum atomic E-state index is -1.34. The van der Waals surface area contributed by atoms with Gasteiger partial charge < -0.3 is 14.2 Å². The van der Waals surface area contributed by atoms with Gasteiger partial charge in [0.25, 0.3) is 0 Å². The summed E-state index contributed by atoms with van der Waals surface area (Å²) in [5.41, 5.74) is 1.04. The van der Waals surface area contributed by atoms with Crippen molar-refractivity contribution in [1.29, 1.82) is 0 Å². The van der Waals surface area contributed by atoms with E-state index < -0.39 is 29.8 Å². The highest BCUT2D eigenvalue weighted by molar-refractivity contribution is 6.04. The Morgan fingerprint density at radius 3 is 2.83 bits per heavy atom. The van der Waals surface area contributed by atoms with Crippen LogP contribution in [0.2, 0.25) is 0 Å². The highest BCUT2D eigenvalue weighted by Crippen LogP contribution is 2.51. The third-order valence-electron chi connectivity index (χ3n) is 4.71. The average Bonchev–Trinajstić information content (AvgIpc) is 3.15. The van der Waals surface area contributed by atoms with Gasteiger partial charge in [0.15, 0.2) is 5.78 Å². The number of nitrogens with zero attached hydrogens (tertiary/aromatic N) is 1. The largest absolute Gasteiger partial charge is 0.447 e. The smallest absolute Gasteiger partial charge is 0.416 e. The van der Waals surface area contributed by atoms with E-state index in [1.54, 1.807) is 24.3 Å². The number of imide groups is 1. The number of benzene rings is 1. The fourth-order valence-corrected chi connectivity index (χ4v) is 3.64. The van der Waals surface area contributed by atoms with Crippen molar-refractivity contribution in [2.45, 2.75) is 18.3 Å². The molecule has 3 aliphatic rings. The van der Waals surface area contributed by atoms with Gasteiger partial charge in [0.05, 0.1) is 6.54 Å². The Balaban J connectivity index is 1.80. The van der Waals surface area contributed by atoms with Crippen molar-refractivity contribution < 1.29 is 28.6 Å². The van der Waals surface area contributed by atoms with Gasteiger partial charge in [-0.1, -0.05) is 24.3 Å². The fourth-order valence-electron chi connectivity index (χ4n) is 3.64. The SMILES string of the molecule is CO[C@@]12O[C@@H](C[C@H]1C(=O)N1CCOC1=O)C(=O)c1ccccc12. The highest BCUT2D eigenvalue weighted by atomic mass is 16.7. The molecule has 0 N–H and O–H groups in total. The molecule has 2 amide bonds. The molecule has 7 heteroatoms. The van der Waals surface area contributed by atoms with Crippen LogP contribution in [0.5, 0.6) is 0 Å². The molecule has 4 rings (SSSR count). The van der Waals surface area contributed by atoms with Gasteiger partial charge in [0.1, 0.15) is 18.6 Å². The minimum absolute atomic E-state index is 0.160. The molecule has 2 bridgehead atoms.